The highest BCUT2D eigenvalue weighted by atomic mass is 79.9. The molecule has 110 valence electrons. The maximum absolute atomic E-state index is 12.3. The SMILES string of the molecule is Cc1cnc(C(C)NS(=O)(=O)c2cc(CN)sc2Br)o1. The molecule has 0 aliphatic heterocycles. The third kappa shape index (κ3) is 3.29. The van der Waals surface area contributed by atoms with Gasteiger partial charge in [0.05, 0.1) is 16.0 Å². The lowest BCUT2D eigenvalue weighted by Gasteiger charge is -2.10. The summed E-state index contributed by atoms with van der Waals surface area (Å²) in [5, 5.41) is 0. The van der Waals surface area contributed by atoms with Gasteiger partial charge >= 0.3 is 0 Å². The molecule has 0 aliphatic carbocycles. The fraction of sp³-hybridized carbons (Fsp3) is 0.364. The molecule has 0 amide bonds. The van der Waals surface area contributed by atoms with Crippen molar-refractivity contribution in [2.75, 3.05) is 0 Å². The monoisotopic (exact) mass is 379 g/mol. The number of sulfonamides is 1. The Morgan fingerprint density at radius 3 is 2.80 bits per heavy atom. The summed E-state index contributed by atoms with van der Waals surface area (Å²) in [6.07, 6.45) is 1.55. The number of thiophene rings is 1. The smallest absolute Gasteiger partial charge is 0.243 e. The highest BCUT2D eigenvalue weighted by molar-refractivity contribution is 9.11. The van der Waals surface area contributed by atoms with Crippen LogP contribution in [-0.2, 0) is 16.6 Å². The van der Waals surface area contributed by atoms with E-state index in [1.54, 1.807) is 26.1 Å². The summed E-state index contributed by atoms with van der Waals surface area (Å²) in [7, 11) is -3.66. The number of oxazole rings is 1. The molecule has 0 fully saturated rings. The van der Waals surface area contributed by atoms with Crippen LogP contribution in [-0.4, -0.2) is 13.4 Å². The molecule has 2 heterocycles. The highest BCUT2D eigenvalue weighted by Gasteiger charge is 2.25. The summed E-state index contributed by atoms with van der Waals surface area (Å²) in [6.45, 7) is 3.72. The number of nitrogens with zero attached hydrogens (tertiary/aromatic N) is 1. The average molecular weight is 380 g/mol. The van der Waals surface area contributed by atoms with Gasteiger partial charge in [-0.05, 0) is 35.8 Å². The van der Waals surface area contributed by atoms with Crippen molar-refractivity contribution < 1.29 is 12.8 Å². The minimum Gasteiger partial charge on any atom is -0.444 e. The van der Waals surface area contributed by atoms with Crippen molar-refractivity contribution in [1.82, 2.24) is 9.71 Å². The Morgan fingerprint density at radius 2 is 2.30 bits per heavy atom. The fourth-order valence-corrected chi connectivity index (χ4v) is 5.36. The number of aromatic nitrogens is 1. The standard InChI is InChI=1S/C11H14BrN3O3S2/c1-6-5-14-11(18-6)7(2)15-20(16,17)9-3-8(4-13)19-10(9)12/h3,5,7,15H,4,13H2,1-2H3. The molecule has 20 heavy (non-hydrogen) atoms. The van der Waals surface area contributed by atoms with Gasteiger partial charge in [0.25, 0.3) is 0 Å². The largest absolute Gasteiger partial charge is 0.444 e. The molecule has 0 saturated heterocycles. The summed E-state index contributed by atoms with van der Waals surface area (Å²) in [6, 6.07) is 1.01. The van der Waals surface area contributed by atoms with Gasteiger partial charge in [-0.1, -0.05) is 0 Å². The molecule has 1 unspecified atom stereocenters. The zero-order valence-corrected chi connectivity index (χ0v) is 14.1. The molecule has 9 heteroatoms. The van der Waals surface area contributed by atoms with Crippen molar-refractivity contribution in [1.29, 1.82) is 0 Å². The number of aryl methyl sites for hydroxylation is 1. The first kappa shape index (κ1) is 15.6. The minimum absolute atomic E-state index is 0.179. The summed E-state index contributed by atoms with van der Waals surface area (Å²) in [4.78, 5) is 4.98. The van der Waals surface area contributed by atoms with E-state index in [-0.39, 0.29) is 4.90 Å². The van der Waals surface area contributed by atoms with E-state index >= 15 is 0 Å². The third-order valence-corrected chi connectivity index (χ3v) is 6.35. The van der Waals surface area contributed by atoms with Gasteiger partial charge in [0.1, 0.15) is 10.7 Å². The fourth-order valence-electron chi connectivity index (χ4n) is 1.60. The van der Waals surface area contributed by atoms with Crippen LogP contribution in [0, 0.1) is 6.92 Å². The van der Waals surface area contributed by atoms with E-state index in [0.29, 0.717) is 22.0 Å². The number of nitrogens with two attached hydrogens (primary N) is 1. The molecule has 0 radical (unpaired) electrons. The second kappa shape index (κ2) is 5.94. The van der Waals surface area contributed by atoms with Gasteiger partial charge in [-0.3, -0.25) is 0 Å². The predicted octanol–water partition coefficient (Wildman–Crippen LogP) is 2.31. The van der Waals surface area contributed by atoms with Crippen molar-refractivity contribution in [2.24, 2.45) is 5.73 Å². The van der Waals surface area contributed by atoms with Gasteiger partial charge in [0, 0.05) is 11.4 Å². The van der Waals surface area contributed by atoms with Crippen LogP contribution in [0.25, 0.3) is 0 Å². The molecule has 2 aromatic heterocycles. The van der Waals surface area contributed by atoms with Crippen LogP contribution in [0.3, 0.4) is 0 Å². The molecule has 2 rings (SSSR count). The number of hydrogen-bond acceptors (Lipinski definition) is 6. The Labute approximate surface area is 129 Å². The van der Waals surface area contributed by atoms with Crippen molar-refractivity contribution in [3.8, 4) is 0 Å². The van der Waals surface area contributed by atoms with Gasteiger partial charge in [-0.15, -0.1) is 11.3 Å². The molecule has 3 N–H and O–H groups in total. The number of hydrogen-bond donors (Lipinski definition) is 2. The van der Waals surface area contributed by atoms with Crippen molar-refractivity contribution in [3.63, 3.8) is 0 Å². The van der Waals surface area contributed by atoms with Gasteiger partial charge in [-0.25, -0.2) is 13.4 Å². The van der Waals surface area contributed by atoms with Crippen molar-refractivity contribution in [3.05, 3.63) is 32.6 Å². The second-order valence-corrected chi connectivity index (χ2v) is 8.34. The van der Waals surface area contributed by atoms with Gasteiger partial charge in [-0.2, -0.15) is 4.72 Å². The Bertz CT molecular complexity index is 708. The predicted molar refractivity (Wildman–Crippen MR) is 79.9 cm³/mol. The zero-order valence-electron chi connectivity index (χ0n) is 10.9. The molecular weight excluding hydrogens is 366 g/mol. The van der Waals surface area contributed by atoms with Crippen LogP contribution >= 0.6 is 27.3 Å². The number of rotatable bonds is 5. The first-order chi connectivity index (χ1) is 9.33. The average Bonchev–Trinajstić information content (AvgIpc) is 2.95. The number of nitrogens with one attached hydrogen (secondary N) is 1. The van der Waals surface area contributed by atoms with E-state index < -0.39 is 16.1 Å². The van der Waals surface area contributed by atoms with Crippen LogP contribution in [0.1, 0.15) is 29.5 Å². The molecule has 6 nitrogen and oxygen atoms in total. The second-order valence-electron chi connectivity index (χ2n) is 4.21. The Balaban J connectivity index is 2.24. The van der Waals surface area contributed by atoms with E-state index in [4.69, 9.17) is 10.2 Å². The Hall–Kier alpha value is -0.740. The van der Waals surface area contributed by atoms with E-state index in [1.807, 2.05) is 0 Å². The minimum atomic E-state index is -3.66. The number of halogens is 1. The lowest BCUT2D eigenvalue weighted by atomic mass is 10.4. The van der Waals surface area contributed by atoms with E-state index in [1.165, 1.54) is 11.3 Å². The molecule has 0 aliphatic rings. The third-order valence-electron chi connectivity index (χ3n) is 2.54. The molecular formula is C11H14BrN3O3S2. The summed E-state index contributed by atoms with van der Waals surface area (Å²) in [5.74, 6) is 0.963. The lowest BCUT2D eigenvalue weighted by molar-refractivity contribution is 0.428. The van der Waals surface area contributed by atoms with Gasteiger partial charge < -0.3 is 10.2 Å². The van der Waals surface area contributed by atoms with E-state index in [0.717, 1.165) is 4.88 Å². The van der Waals surface area contributed by atoms with Crippen molar-refractivity contribution in [2.45, 2.75) is 31.3 Å². The maximum atomic E-state index is 12.3. The summed E-state index contributed by atoms with van der Waals surface area (Å²) in [5.41, 5.74) is 5.52. The molecule has 0 spiro atoms. The highest BCUT2D eigenvalue weighted by Crippen LogP contribution is 2.32. The van der Waals surface area contributed by atoms with E-state index in [2.05, 4.69) is 25.6 Å². The lowest BCUT2D eigenvalue weighted by Crippen LogP contribution is -2.27. The molecule has 0 bridgehead atoms. The first-order valence-electron chi connectivity index (χ1n) is 5.76. The normalized spacial score (nSPS) is 13.6. The van der Waals surface area contributed by atoms with Crippen LogP contribution in [0.5, 0.6) is 0 Å². The molecule has 0 saturated carbocycles. The maximum Gasteiger partial charge on any atom is 0.243 e. The Kier molecular flexibility index (Phi) is 4.65. The van der Waals surface area contributed by atoms with Crippen molar-refractivity contribution >= 4 is 37.3 Å². The summed E-state index contributed by atoms with van der Waals surface area (Å²) < 4.78 is 33.0. The first-order valence-corrected chi connectivity index (χ1v) is 8.85. The molecule has 1 atom stereocenters. The molecule has 2 aromatic rings. The topological polar surface area (TPSA) is 98.2 Å². The molecule has 0 aromatic carbocycles. The van der Waals surface area contributed by atoms with Crippen LogP contribution < -0.4 is 10.5 Å². The van der Waals surface area contributed by atoms with Gasteiger partial charge in [0.15, 0.2) is 0 Å². The van der Waals surface area contributed by atoms with Crippen LogP contribution in [0.4, 0.5) is 0 Å². The Morgan fingerprint density at radius 1 is 1.60 bits per heavy atom. The zero-order chi connectivity index (χ0) is 14.9. The summed E-state index contributed by atoms with van der Waals surface area (Å²) >= 11 is 4.55. The van der Waals surface area contributed by atoms with E-state index in [9.17, 15) is 8.42 Å². The van der Waals surface area contributed by atoms with Gasteiger partial charge in [0.2, 0.25) is 15.9 Å². The van der Waals surface area contributed by atoms with Crippen LogP contribution in [0.15, 0.2) is 25.4 Å². The van der Waals surface area contributed by atoms with Crippen LogP contribution in [0.2, 0.25) is 0 Å². The quantitative estimate of drug-likeness (QED) is 0.830.